The molecule has 0 saturated heterocycles. The largest absolute Gasteiger partial charge is 0.497 e. The summed E-state index contributed by atoms with van der Waals surface area (Å²) in [4.78, 5) is 37.3. The van der Waals surface area contributed by atoms with Crippen molar-refractivity contribution in [3.05, 3.63) is 56.2 Å². The van der Waals surface area contributed by atoms with Crippen LogP contribution < -0.4 is 16.0 Å². The molecule has 0 fully saturated rings. The lowest BCUT2D eigenvalue weighted by atomic mass is 9.82. The number of benzene rings is 1. The van der Waals surface area contributed by atoms with Gasteiger partial charge in [-0.3, -0.25) is 18.7 Å². The zero-order chi connectivity index (χ0) is 21.0. The van der Waals surface area contributed by atoms with E-state index in [0.717, 1.165) is 9.13 Å². The van der Waals surface area contributed by atoms with Crippen molar-refractivity contribution in [2.24, 2.45) is 20.0 Å². The highest BCUT2D eigenvalue weighted by molar-refractivity contribution is 5.77. The van der Waals surface area contributed by atoms with Crippen molar-refractivity contribution in [1.82, 2.24) is 9.13 Å². The van der Waals surface area contributed by atoms with Gasteiger partial charge in [0.05, 0.1) is 25.3 Å². The number of rotatable bonds is 6. The normalized spacial score (nSPS) is 12.7. The Morgan fingerprint density at radius 2 is 1.82 bits per heavy atom. The van der Waals surface area contributed by atoms with Gasteiger partial charge >= 0.3 is 11.7 Å². The molecule has 0 spiro atoms. The smallest absolute Gasteiger partial charge is 0.333 e. The third-order valence-electron chi connectivity index (χ3n) is 4.47. The highest BCUT2D eigenvalue weighted by Gasteiger charge is 2.37. The Hall–Kier alpha value is -3.54. The van der Waals surface area contributed by atoms with E-state index in [-0.39, 0.29) is 12.2 Å². The SMILES string of the molecule is CCOC(=O)C(C#N)C(c1ccc(OC)cc1)c1c(O)n(C)c(=O)n(C)c1=O. The van der Waals surface area contributed by atoms with E-state index in [2.05, 4.69) is 0 Å². The van der Waals surface area contributed by atoms with Crippen molar-refractivity contribution in [3.63, 3.8) is 0 Å². The van der Waals surface area contributed by atoms with E-state index in [9.17, 15) is 24.8 Å². The Morgan fingerprint density at radius 1 is 1.21 bits per heavy atom. The van der Waals surface area contributed by atoms with E-state index in [1.165, 1.54) is 21.2 Å². The summed E-state index contributed by atoms with van der Waals surface area (Å²) in [5, 5.41) is 20.2. The summed E-state index contributed by atoms with van der Waals surface area (Å²) in [7, 11) is 4.03. The fourth-order valence-corrected chi connectivity index (χ4v) is 2.96. The molecule has 9 heteroatoms. The summed E-state index contributed by atoms with van der Waals surface area (Å²) >= 11 is 0. The molecule has 2 unspecified atom stereocenters. The maximum atomic E-state index is 12.8. The third kappa shape index (κ3) is 3.62. The minimum atomic E-state index is -1.41. The van der Waals surface area contributed by atoms with Crippen LogP contribution in [0, 0.1) is 17.2 Å². The summed E-state index contributed by atoms with van der Waals surface area (Å²) in [5.74, 6) is -3.48. The number of hydrogen-bond acceptors (Lipinski definition) is 7. The predicted molar refractivity (Wildman–Crippen MR) is 99.2 cm³/mol. The topological polar surface area (TPSA) is 124 Å². The minimum absolute atomic E-state index is 0.0453. The monoisotopic (exact) mass is 387 g/mol. The average molecular weight is 387 g/mol. The van der Waals surface area contributed by atoms with Gasteiger partial charge in [0.1, 0.15) is 5.75 Å². The van der Waals surface area contributed by atoms with Crippen molar-refractivity contribution in [2.45, 2.75) is 12.8 Å². The van der Waals surface area contributed by atoms with E-state index in [1.54, 1.807) is 31.2 Å². The zero-order valence-corrected chi connectivity index (χ0v) is 16.0. The van der Waals surface area contributed by atoms with Crippen molar-refractivity contribution in [3.8, 4) is 17.7 Å². The number of ether oxygens (including phenoxy) is 2. The number of esters is 1. The van der Waals surface area contributed by atoms with Crippen molar-refractivity contribution in [2.75, 3.05) is 13.7 Å². The molecule has 0 radical (unpaired) electrons. The summed E-state index contributed by atoms with van der Waals surface area (Å²) in [6.07, 6.45) is 0. The second-order valence-electron chi connectivity index (χ2n) is 6.05. The highest BCUT2D eigenvalue weighted by atomic mass is 16.5. The molecule has 2 atom stereocenters. The van der Waals surface area contributed by atoms with Crippen LogP contribution in [-0.2, 0) is 23.6 Å². The van der Waals surface area contributed by atoms with Crippen LogP contribution in [-0.4, -0.2) is 33.9 Å². The van der Waals surface area contributed by atoms with Crippen LogP contribution in [0.2, 0.25) is 0 Å². The Labute approximate surface area is 161 Å². The fourth-order valence-electron chi connectivity index (χ4n) is 2.96. The Bertz CT molecular complexity index is 1030. The standard InChI is InChI=1S/C19H21N3O6/c1-5-28-18(25)13(10-20)14(11-6-8-12(27-4)9-7-11)15-16(23)21(2)19(26)22(3)17(15)24/h6-9,13-14,23H,5H2,1-4H3. The van der Waals surface area contributed by atoms with Gasteiger partial charge in [0.2, 0.25) is 5.88 Å². The number of carbonyl (C=O) groups is 1. The fraction of sp³-hybridized carbons (Fsp3) is 0.368. The number of carbonyl (C=O) groups excluding carboxylic acids is 1. The maximum Gasteiger partial charge on any atom is 0.333 e. The van der Waals surface area contributed by atoms with Gasteiger partial charge in [-0.05, 0) is 24.6 Å². The van der Waals surface area contributed by atoms with E-state index in [0.29, 0.717) is 11.3 Å². The van der Waals surface area contributed by atoms with Gasteiger partial charge in [-0.2, -0.15) is 5.26 Å². The molecule has 0 aliphatic heterocycles. The molecule has 2 aromatic rings. The van der Waals surface area contributed by atoms with E-state index in [1.807, 2.05) is 6.07 Å². The molecule has 28 heavy (non-hydrogen) atoms. The van der Waals surface area contributed by atoms with Gasteiger partial charge < -0.3 is 14.6 Å². The summed E-state index contributed by atoms with van der Waals surface area (Å²) in [5.41, 5.74) is -1.36. The minimum Gasteiger partial charge on any atom is -0.497 e. The van der Waals surface area contributed by atoms with Gasteiger partial charge in [-0.15, -0.1) is 0 Å². The average Bonchev–Trinajstić information content (AvgIpc) is 2.70. The molecule has 1 heterocycles. The molecule has 2 rings (SSSR count). The Morgan fingerprint density at radius 3 is 2.32 bits per heavy atom. The molecular formula is C19H21N3O6. The quantitative estimate of drug-likeness (QED) is 0.721. The van der Waals surface area contributed by atoms with Gasteiger partial charge in [-0.25, -0.2) is 4.79 Å². The van der Waals surface area contributed by atoms with Crippen LogP contribution >= 0.6 is 0 Å². The first-order valence-corrected chi connectivity index (χ1v) is 8.47. The van der Waals surface area contributed by atoms with E-state index in [4.69, 9.17) is 9.47 Å². The molecular weight excluding hydrogens is 366 g/mol. The van der Waals surface area contributed by atoms with Crippen LogP contribution in [0.25, 0.3) is 0 Å². The number of aromatic hydroxyl groups is 1. The number of methoxy groups -OCH3 is 1. The number of aromatic nitrogens is 2. The van der Waals surface area contributed by atoms with Crippen LogP contribution in [0.15, 0.2) is 33.9 Å². The molecule has 0 saturated carbocycles. The third-order valence-corrected chi connectivity index (χ3v) is 4.47. The molecule has 1 aromatic heterocycles. The van der Waals surface area contributed by atoms with Crippen molar-refractivity contribution >= 4 is 5.97 Å². The second kappa shape index (κ2) is 8.43. The van der Waals surface area contributed by atoms with E-state index >= 15 is 0 Å². The lowest BCUT2D eigenvalue weighted by molar-refractivity contribution is -0.146. The summed E-state index contributed by atoms with van der Waals surface area (Å²) in [6, 6.07) is 8.23. The first kappa shape index (κ1) is 20.8. The molecule has 1 aromatic carbocycles. The summed E-state index contributed by atoms with van der Waals surface area (Å²) in [6.45, 7) is 1.64. The molecule has 0 amide bonds. The Balaban J connectivity index is 2.83. The predicted octanol–water partition coefficient (Wildman–Crippen LogP) is 0.633. The van der Waals surface area contributed by atoms with Crippen molar-refractivity contribution < 1.29 is 19.4 Å². The van der Waals surface area contributed by atoms with Gasteiger partial charge in [0.25, 0.3) is 5.56 Å². The zero-order valence-electron chi connectivity index (χ0n) is 16.0. The lowest BCUT2D eigenvalue weighted by Crippen LogP contribution is -2.41. The molecule has 1 N–H and O–H groups in total. The van der Waals surface area contributed by atoms with Crippen molar-refractivity contribution in [1.29, 1.82) is 5.26 Å². The van der Waals surface area contributed by atoms with Crippen LogP contribution in [0.3, 0.4) is 0 Å². The van der Waals surface area contributed by atoms with Crippen LogP contribution in [0.4, 0.5) is 0 Å². The molecule has 0 aliphatic rings. The Kier molecular flexibility index (Phi) is 6.26. The lowest BCUT2D eigenvalue weighted by Gasteiger charge is -2.23. The second-order valence-corrected chi connectivity index (χ2v) is 6.05. The van der Waals surface area contributed by atoms with Gasteiger partial charge in [-0.1, -0.05) is 12.1 Å². The molecule has 9 nitrogen and oxygen atoms in total. The number of nitrogens with zero attached hydrogens (tertiary/aromatic N) is 3. The first-order valence-electron chi connectivity index (χ1n) is 8.47. The highest BCUT2D eigenvalue weighted by Crippen LogP contribution is 2.35. The summed E-state index contributed by atoms with van der Waals surface area (Å²) < 4.78 is 11.8. The van der Waals surface area contributed by atoms with Crippen LogP contribution in [0.1, 0.15) is 24.0 Å². The van der Waals surface area contributed by atoms with E-state index < -0.39 is 34.9 Å². The first-order chi connectivity index (χ1) is 13.3. The molecule has 148 valence electrons. The molecule has 0 bridgehead atoms. The van der Waals surface area contributed by atoms with Gasteiger partial charge in [0, 0.05) is 20.0 Å². The van der Waals surface area contributed by atoms with Gasteiger partial charge in [0.15, 0.2) is 5.92 Å². The maximum absolute atomic E-state index is 12.8. The van der Waals surface area contributed by atoms with Crippen LogP contribution in [0.5, 0.6) is 11.6 Å². The number of hydrogen-bond donors (Lipinski definition) is 1. The molecule has 0 aliphatic carbocycles. The number of nitriles is 1.